The molecular formula is C25H23N5O. The molecule has 0 atom stereocenters. The Labute approximate surface area is 180 Å². The number of methoxy groups -OCH3 is 1. The van der Waals surface area contributed by atoms with Gasteiger partial charge in [0.05, 0.1) is 29.7 Å². The molecule has 0 aliphatic heterocycles. The van der Waals surface area contributed by atoms with Crippen molar-refractivity contribution in [2.45, 2.75) is 20.8 Å². The average molecular weight is 409 g/mol. The van der Waals surface area contributed by atoms with Gasteiger partial charge in [0.1, 0.15) is 5.75 Å². The predicted octanol–water partition coefficient (Wildman–Crippen LogP) is 5.18. The first-order valence-corrected chi connectivity index (χ1v) is 10.2. The van der Waals surface area contributed by atoms with Crippen molar-refractivity contribution >= 4 is 5.65 Å². The van der Waals surface area contributed by atoms with Crippen molar-refractivity contribution in [2.24, 2.45) is 0 Å². The van der Waals surface area contributed by atoms with E-state index in [9.17, 15) is 0 Å². The van der Waals surface area contributed by atoms with E-state index in [0.717, 1.165) is 50.9 Å². The maximum absolute atomic E-state index is 5.77. The van der Waals surface area contributed by atoms with Gasteiger partial charge in [-0.3, -0.25) is 0 Å². The van der Waals surface area contributed by atoms with Crippen molar-refractivity contribution in [3.8, 4) is 33.8 Å². The van der Waals surface area contributed by atoms with Crippen molar-refractivity contribution in [2.75, 3.05) is 7.11 Å². The summed E-state index contributed by atoms with van der Waals surface area (Å²) in [6.07, 6.45) is 3.67. The Hall–Kier alpha value is -3.93. The molecule has 6 nitrogen and oxygen atoms in total. The van der Waals surface area contributed by atoms with Gasteiger partial charge in [-0.1, -0.05) is 24.3 Å². The third-order valence-corrected chi connectivity index (χ3v) is 5.54. The monoisotopic (exact) mass is 409 g/mol. The number of hydrogen-bond acceptors (Lipinski definition) is 4. The Kier molecular flexibility index (Phi) is 4.55. The van der Waals surface area contributed by atoms with Gasteiger partial charge >= 0.3 is 0 Å². The van der Waals surface area contributed by atoms with E-state index < -0.39 is 0 Å². The molecule has 31 heavy (non-hydrogen) atoms. The van der Waals surface area contributed by atoms with Crippen LogP contribution in [-0.4, -0.2) is 31.5 Å². The molecule has 6 heteroatoms. The fraction of sp³-hybridized carbons (Fsp3) is 0.160. The lowest BCUT2D eigenvalue weighted by Crippen LogP contribution is -2.00. The van der Waals surface area contributed by atoms with E-state index in [1.165, 1.54) is 5.56 Å². The van der Waals surface area contributed by atoms with Crippen LogP contribution >= 0.6 is 0 Å². The van der Waals surface area contributed by atoms with Crippen molar-refractivity contribution in [1.82, 2.24) is 24.4 Å². The number of aryl methyl sites for hydroxylation is 3. The molecule has 5 rings (SSSR count). The number of benzene rings is 2. The number of hydrogen-bond donors (Lipinski definition) is 0. The highest BCUT2D eigenvalue weighted by Gasteiger charge is 2.20. The molecule has 3 aromatic heterocycles. The first-order valence-electron chi connectivity index (χ1n) is 10.2. The maximum Gasteiger partial charge on any atom is 0.164 e. The zero-order valence-corrected chi connectivity index (χ0v) is 18.0. The van der Waals surface area contributed by atoms with Gasteiger partial charge in [0.2, 0.25) is 0 Å². The second-order valence-corrected chi connectivity index (χ2v) is 7.63. The number of fused-ring (bicyclic) bond motifs is 1. The second kappa shape index (κ2) is 7.40. The molecule has 154 valence electrons. The van der Waals surface area contributed by atoms with Crippen molar-refractivity contribution in [3.05, 3.63) is 83.9 Å². The minimum absolute atomic E-state index is 0.756. The van der Waals surface area contributed by atoms with E-state index in [1.54, 1.807) is 13.3 Å². The van der Waals surface area contributed by atoms with Crippen molar-refractivity contribution in [3.63, 3.8) is 0 Å². The van der Waals surface area contributed by atoms with E-state index in [4.69, 9.17) is 14.8 Å². The maximum atomic E-state index is 5.77. The Morgan fingerprint density at radius 2 is 1.74 bits per heavy atom. The molecule has 0 fully saturated rings. The van der Waals surface area contributed by atoms with E-state index >= 15 is 0 Å². The quantitative estimate of drug-likeness (QED) is 0.410. The second-order valence-electron chi connectivity index (χ2n) is 7.63. The smallest absolute Gasteiger partial charge is 0.164 e. The summed E-state index contributed by atoms with van der Waals surface area (Å²) in [6.45, 7) is 6.15. The number of aromatic nitrogens is 5. The molecule has 2 aromatic carbocycles. The Morgan fingerprint density at radius 3 is 2.48 bits per heavy atom. The average Bonchev–Trinajstić information content (AvgIpc) is 3.41. The standard InChI is InChI=1S/C25H23N5O/c1-16-8-5-6-9-20(16)22-14-17(2)27-25-24(18(3)28-30(22)25)21-11-10-19(15-23(21)31-4)29-13-7-12-26-29/h5-15H,1-4H3. The van der Waals surface area contributed by atoms with Crippen LogP contribution in [0, 0.1) is 20.8 Å². The Balaban J connectivity index is 1.75. The molecule has 0 spiro atoms. The number of rotatable bonds is 4. The molecule has 0 N–H and O–H groups in total. The first-order chi connectivity index (χ1) is 15.1. The van der Waals surface area contributed by atoms with Crippen LogP contribution in [0.3, 0.4) is 0 Å². The minimum atomic E-state index is 0.756. The van der Waals surface area contributed by atoms with Crippen LogP contribution in [0.15, 0.2) is 67.0 Å². The fourth-order valence-electron chi connectivity index (χ4n) is 4.06. The molecule has 0 saturated heterocycles. The molecule has 0 unspecified atom stereocenters. The van der Waals surface area contributed by atoms with Gasteiger partial charge in [-0.15, -0.1) is 0 Å². The van der Waals surface area contributed by atoms with Gasteiger partial charge in [-0.05, 0) is 50.6 Å². The third kappa shape index (κ3) is 3.17. The van der Waals surface area contributed by atoms with Crippen molar-refractivity contribution < 1.29 is 4.74 Å². The molecule has 0 aliphatic carbocycles. The molecule has 0 radical (unpaired) electrons. The van der Waals surface area contributed by atoms with Gasteiger partial charge in [0.25, 0.3) is 0 Å². The summed E-state index contributed by atoms with van der Waals surface area (Å²) in [4.78, 5) is 4.86. The van der Waals surface area contributed by atoms with Crippen LogP contribution in [0.4, 0.5) is 0 Å². The molecule has 0 bridgehead atoms. The summed E-state index contributed by atoms with van der Waals surface area (Å²) in [5, 5.41) is 9.20. The predicted molar refractivity (Wildman–Crippen MR) is 122 cm³/mol. The molecule has 0 amide bonds. The highest BCUT2D eigenvalue weighted by atomic mass is 16.5. The summed E-state index contributed by atoms with van der Waals surface area (Å²) in [5.41, 5.74) is 8.91. The lowest BCUT2D eigenvalue weighted by Gasteiger charge is -2.12. The topological polar surface area (TPSA) is 57.2 Å². The van der Waals surface area contributed by atoms with E-state index in [2.05, 4.69) is 48.4 Å². The molecule has 0 saturated carbocycles. The fourth-order valence-corrected chi connectivity index (χ4v) is 4.06. The number of nitrogens with zero attached hydrogens (tertiary/aromatic N) is 5. The summed E-state index contributed by atoms with van der Waals surface area (Å²) in [7, 11) is 1.68. The summed E-state index contributed by atoms with van der Waals surface area (Å²) in [5.74, 6) is 0.756. The van der Waals surface area contributed by atoms with E-state index in [-0.39, 0.29) is 0 Å². The lowest BCUT2D eigenvalue weighted by atomic mass is 10.0. The number of ether oxygens (including phenoxy) is 1. The largest absolute Gasteiger partial charge is 0.496 e. The summed E-state index contributed by atoms with van der Waals surface area (Å²) >= 11 is 0. The molecule has 5 aromatic rings. The first kappa shape index (κ1) is 19.1. The Morgan fingerprint density at radius 1 is 0.903 bits per heavy atom. The Bertz CT molecular complexity index is 1400. The molecule has 0 aliphatic rings. The molecular weight excluding hydrogens is 386 g/mol. The van der Waals surface area contributed by atoms with Gasteiger partial charge in [-0.2, -0.15) is 10.2 Å². The SMILES string of the molecule is COc1cc(-n2cccn2)ccc1-c1c(C)nn2c(-c3ccccc3C)cc(C)nc12. The zero-order valence-electron chi connectivity index (χ0n) is 18.0. The highest BCUT2D eigenvalue weighted by molar-refractivity contribution is 5.85. The van der Waals surface area contributed by atoms with Crippen LogP contribution in [0.5, 0.6) is 5.75 Å². The van der Waals surface area contributed by atoms with Gasteiger partial charge in [0.15, 0.2) is 5.65 Å². The molecule has 3 heterocycles. The third-order valence-electron chi connectivity index (χ3n) is 5.54. The van der Waals surface area contributed by atoms with Crippen LogP contribution in [-0.2, 0) is 0 Å². The lowest BCUT2D eigenvalue weighted by molar-refractivity contribution is 0.416. The zero-order chi connectivity index (χ0) is 21.5. The summed E-state index contributed by atoms with van der Waals surface area (Å²) < 4.78 is 9.53. The van der Waals surface area contributed by atoms with Crippen LogP contribution in [0.25, 0.3) is 33.7 Å². The minimum Gasteiger partial charge on any atom is -0.496 e. The van der Waals surface area contributed by atoms with E-state index in [1.807, 2.05) is 47.4 Å². The van der Waals surface area contributed by atoms with Crippen LogP contribution in [0.2, 0.25) is 0 Å². The van der Waals surface area contributed by atoms with Gasteiger partial charge in [0, 0.05) is 35.3 Å². The highest BCUT2D eigenvalue weighted by Crippen LogP contribution is 2.37. The van der Waals surface area contributed by atoms with Gasteiger partial charge < -0.3 is 4.74 Å². The summed E-state index contributed by atoms with van der Waals surface area (Å²) in [6, 6.07) is 18.4. The van der Waals surface area contributed by atoms with Crippen LogP contribution < -0.4 is 4.74 Å². The van der Waals surface area contributed by atoms with Crippen molar-refractivity contribution in [1.29, 1.82) is 0 Å². The van der Waals surface area contributed by atoms with E-state index in [0.29, 0.717) is 0 Å². The van der Waals surface area contributed by atoms with Crippen LogP contribution in [0.1, 0.15) is 17.0 Å². The van der Waals surface area contributed by atoms with Gasteiger partial charge in [-0.25, -0.2) is 14.2 Å². The normalized spacial score (nSPS) is 11.2.